The molecule has 1 heterocycles. The summed E-state index contributed by atoms with van der Waals surface area (Å²) in [5.41, 5.74) is 3.08. The van der Waals surface area contributed by atoms with Crippen LogP contribution in [0.1, 0.15) is 17.5 Å². The molecule has 0 saturated carbocycles. The molecular weight excluding hydrogens is 303 g/mol. The molecule has 3 rings (SSSR count). The maximum absolute atomic E-state index is 14.0. The fourth-order valence-electron chi connectivity index (χ4n) is 2.97. The van der Waals surface area contributed by atoms with Gasteiger partial charge in [0.15, 0.2) is 0 Å². The van der Waals surface area contributed by atoms with Crippen molar-refractivity contribution >= 4 is 10.9 Å². The second kappa shape index (κ2) is 8.08. The normalized spacial score (nSPS) is 11.2. The summed E-state index contributed by atoms with van der Waals surface area (Å²) in [7, 11) is 1.72. The Kier molecular flexibility index (Phi) is 5.62. The second-order valence-electron chi connectivity index (χ2n) is 5.91. The molecule has 0 radical (unpaired) electrons. The highest BCUT2D eigenvalue weighted by Gasteiger charge is 2.09. The fraction of sp³-hybridized carbons (Fsp3) is 0.300. The van der Waals surface area contributed by atoms with Crippen molar-refractivity contribution < 1.29 is 9.13 Å². The fourth-order valence-corrected chi connectivity index (χ4v) is 2.97. The Labute approximate surface area is 142 Å². The van der Waals surface area contributed by atoms with E-state index in [0.717, 1.165) is 31.6 Å². The molecule has 0 atom stereocenters. The molecule has 3 aromatic rings. The first-order valence-corrected chi connectivity index (χ1v) is 8.29. The van der Waals surface area contributed by atoms with Gasteiger partial charge in [0, 0.05) is 42.9 Å². The van der Waals surface area contributed by atoms with Crippen LogP contribution in [0.15, 0.2) is 54.7 Å². The van der Waals surface area contributed by atoms with E-state index in [1.54, 1.807) is 13.2 Å². The maximum Gasteiger partial charge on any atom is 0.128 e. The van der Waals surface area contributed by atoms with Crippen LogP contribution in [0.5, 0.6) is 0 Å². The van der Waals surface area contributed by atoms with Crippen molar-refractivity contribution in [1.82, 2.24) is 9.88 Å². The van der Waals surface area contributed by atoms with E-state index in [9.17, 15) is 4.39 Å². The molecule has 1 aromatic heterocycles. The molecule has 1 N–H and O–H groups in total. The maximum atomic E-state index is 14.0. The van der Waals surface area contributed by atoms with E-state index in [1.165, 1.54) is 17.0 Å². The molecule has 0 spiro atoms. The summed E-state index contributed by atoms with van der Waals surface area (Å²) < 4.78 is 21.2. The summed E-state index contributed by atoms with van der Waals surface area (Å²) in [6.45, 7) is 3.02. The predicted molar refractivity (Wildman–Crippen MR) is 95.6 cm³/mol. The summed E-state index contributed by atoms with van der Waals surface area (Å²) >= 11 is 0. The largest absolute Gasteiger partial charge is 0.385 e. The van der Waals surface area contributed by atoms with Crippen LogP contribution < -0.4 is 5.32 Å². The molecule has 2 aromatic carbocycles. The van der Waals surface area contributed by atoms with Gasteiger partial charge < -0.3 is 14.6 Å². The van der Waals surface area contributed by atoms with Crippen molar-refractivity contribution in [3.05, 3.63) is 71.7 Å². The van der Waals surface area contributed by atoms with Crippen molar-refractivity contribution in [3.8, 4) is 0 Å². The summed E-state index contributed by atoms with van der Waals surface area (Å²) in [6, 6.07) is 15.2. The number of ether oxygens (including phenoxy) is 1. The van der Waals surface area contributed by atoms with Gasteiger partial charge in [-0.05, 0) is 30.7 Å². The number of hydrogen-bond donors (Lipinski definition) is 1. The van der Waals surface area contributed by atoms with Crippen LogP contribution in [-0.4, -0.2) is 24.8 Å². The molecule has 0 unspecified atom stereocenters. The van der Waals surface area contributed by atoms with Crippen molar-refractivity contribution in [3.63, 3.8) is 0 Å². The lowest BCUT2D eigenvalue weighted by molar-refractivity contribution is 0.194. The number of nitrogens with one attached hydrogen (secondary N) is 1. The van der Waals surface area contributed by atoms with Gasteiger partial charge in [-0.1, -0.05) is 36.4 Å². The Morgan fingerprint density at radius 1 is 1.04 bits per heavy atom. The number of hydrogen-bond acceptors (Lipinski definition) is 2. The van der Waals surface area contributed by atoms with E-state index in [0.29, 0.717) is 12.1 Å². The molecule has 0 aliphatic rings. The molecule has 0 saturated heterocycles. The summed E-state index contributed by atoms with van der Waals surface area (Å²) in [6.07, 6.45) is 3.12. The Hall–Kier alpha value is -2.17. The van der Waals surface area contributed by atoms with E-state index in [2.05, 4.69) is 28.2 Å². The first kappa shape index (κ1) is 16.7. The smallest absolute Gasteiger partial charge is 0.128 e. The number of methoxy groups -OCH3 is 1. The molecule has 3 nitrogen and oxygen atoms in total. The third-order valence-corrected chi connectivity index (χ3v) is 4.19. The minimum atomic E-state index is -0.158. The lowest BCUT2D eigenvalue weighted by Crippen LogP contribution is -2.15. The van der Waals surface area contributed by atoms with Gasteiger partial charge in [-0.2, -0.15) is 0 Å². The second-order valence-corrected chi connectivity index (χ2v) is 5.91. The lowest BCUT2D eigenvalue weighted by Gasteiger charge is -2.06. The minimum absolute atomic E-state index is 0.158. The monoisotopic (exact) mass is 326 g/mol. The van der Waals surface area contributed by atoms with Gasteiger partial charge in [0.2, 0.25) is 0 Å². The zero-order chi connectivity index (χ0) is 16.8. The Bertz CT molecular complexity index is 797. The SMILES string of the molecule is COCCCNCc1cn(Cc2ccccc2F)c2ccccc12. The van der Waals surface area contributed by atoms with Gasteiger partial charge in [-0.3, -0.25) is 0 Å². The van der Waals surface area contributed by atoms with Gasteiger partial charge in [-0.25, -0.2) is 4.39 Å². The minimum Gasteiger partial charge on any atom is -0.385 e. The molecule has 4 heteroatoms. The van der Waals surface area contributed by atoms with Crippen LogP contribution in [0.3, 0.4) is 0 Å². The number of halogens is 1. The molecule has 0 fully saturated rings. The van der Waals surface area contributed by atoms with Gasteiger partial charge in [0.1, 0.15) is 5.82 Å². The molecule has 126 valence electrons. The predicted octanol–water partition coefficient (Wildman–Crippen LogP) is 3.95. The van der Waals surface area contributed by atoms with E-state index in [-0.39, 0.29) is 5.82 Å². The number of aromatic nitrogens is 1. The van der Waals surface area contributed by atoms with Crippen LogP contribution in [0.4, 0.5) is 4.39 Å². The third-order valence-electron chi connectivity index (χ3n) is 4.19. The number of rotatable bonds is 8. The van der Waals surface area contributed by atoms with Crippen molar-refractivity contribution in [1.29, 1.82) is 0 Å². The molecular formula is C20H23FN2O. The van der Waals surface area contributed by atoms with Crippen molar-refractivity contribution in [2.45, 2.75) is 19.5 Å². The van der Waals surface area contributed by atoms with Crippen LogP contribution in [0.2, 0.25) is 0 Å². The first-order chi connectivity index (χ1) is 11.8. The van der Waals surface area contributed by atoms with E-state index in [4.69, 9.17) is 4.74 Å². The first-order valence-electron chi connectivity index (χ1n) is 8.29. The highest BCUT2D eigenvalue weighted by Crippen LogP contribution is 2.23. The number of fused-ring (bicyclic) bond motifs is 1. The van der Waals surface area contributed by atoms with E-state index >= 15 is 0 Å². The number of nitrogens with zero attached hydrogens (tertiary/aromatic N) is 1. The van der Waals surface area contributed by atoms with Gasteiger partial charge in [0.25, 0.3) is 0 Å². The van der Waals surface area contributed by atoms with Crippen molar-refractivity contribution in [2.75, 3.05) is 20.3 Å². The molecule has 0 aliphatic carbocycles. The average Bonchev–Trinajstić information content (AvgIpc) is 2.95. The molecule has 0 amide bonds. The number of para-hydroxylation sites is 1. The quantitative estimate of drug-likeness (QED) is 0.634. The van der Waals surface area contributed by atoms with Gasteiger partial charge in [0.05, 0.1) is 6.54 Å². The highest BCUT2D eigenvalue weighted by atomic mass is 19.1. The highest BCUT2D eigenvalue weighted by molar-refractivity contribution is 5.84. The third kappa shape index (κ3) is 3.83. The number of benzene rings is 2. The van der Waals surface area contributed by atoms with Crippen molar-refractivity contribution in [2.24, 2.45) is 0 Å². The Balaban J connectivity index is 1.80. The topological polar surface area (TPSA) is 26.2 Å². The zero-order valence-electron chi connectivity index (χ0n) is 14.0. The van der Waals surface area contributed by atoms with Crippen LogP contribution in [0, 0.1) is 5.82 Å². The van der Waals surface area contributed by atoms with Crippen LogP contribution >= 0.6 is 0 Å². The standard InChI is InChI=1S/C20H23FN2O/c1-24-12-6-11-22-13-17-15-23(20-10-5-3-8-18(17)20)14-16-7-2-4-9-19(16)21/h2-5,7-10,15,22H,6,11-14H2,1H3. The zero-order valence-corrected chi connectivity index (χ0v) is 14.0. The van der Waals surface area contributed by atoms with E-state index < -0.39 is 0 Å². The Morgan fingerprint density at radius 3 is 2.67 bits per heavy atom. The molecule has 0 aliphatic heterocycles. The van der Waals surface area contributed by atoms with E-state index in [1.807, 2.05) is 24.3 Å². The average molecular weight is 326 g/mol. The van der Waals surface area contributed by atoms with Crippen LogP contribution in [-0.2, 0) is 17.8 Å². The van der Waals surface area contributed by atoms with Gasteiger partial charge >= 0.3 is 0 Å². The van der Waals surface area contributed by atoms with Gasteiger partial charge in [-0.15, -0.1) is 0 Å². The Morgan fingerprint density at radius 2 is 1.83 bits per heavy atom. The molecule has 0 bridgehead atoms. The summed E-state index contributed by atoms with van der Waals surface area (Å²) in [5, 5.41) is 4.67. The van der Waals surface area contributed by atoms with Crippen LogP contribution in [0.25, 0.3) is 10.9 Å². The lowest BCUT2D eigenvalue weighted by atomic mass is 10.2. The summed E-state index contributed by atoms with van der Waals surface area (Å²) in [4.78, 5) is 0. The summed E-state index contributed by atoms with van der Waals surface area (Å²) in [5.74, 6) is -0.158. The molecule has 24 heavy (non-hydrogen) atoms.